The number of aromatic nitrogens is 1. The van der Waals surface area contributed by atoms with Gasteiger partial charge in [-0.05, 0) is 36.4 Å². The number of rotatable bonds is 2. The van der Waals surface area contributed by atoms with E-state index in [1.165, 1.54) is 5.56 Å². The maximum Gasteiger partial charge on any atom is 0.284 e. The summed E-state index contributed by atoms with van der Waals surface area (Å²) in [5.74, 6) is 1.13. The molecule has 0 unspecified atom stereocenters. The second-order valence-corrected chi connectivity index (χ2v) is 7.85. The summed E-state index contributed by atoms with van der Waals surface area (Å²) in [5, 5.41) is 7.93. The summed E-state index contributed by atoms with van der Waals surface area (Å²) in [4.78, 5) is 6.93. The predicted molar refractivity (Wildman–Crippen MR) is 118 cm³/mol. The van der Waals surface area contributed by atoms with Crippen molar-refractivity contribution in [3.63, 3.8) is 0 Å². The molecular formula is C23H23Cl2N5. The summed E-state index contributed by atoms with van der Waals surface area (Å²) >= 11 is 6.27. The van der Waals surface area contributed by atoms with Crippen molar-refractivity contribution in [3.05, 3.63) is 83.1 Å². The molecule has 1 aromatic heterocycles. The molecule has 0 spiro atoms. The van der Waals surface area contributed by atoms with Crippen molar-refractivity contribution in [2.24, 2.45) is 0 Å². The number of pyridine rings is 1. The molecule has 5 nitrogen and oxygen atoms in total. The van der Waals surface area contributed by atoms with Gasteiger partial charge in [0.2, 0.25) is 0 Å². The van der Waals surface area contributed by atoms with Crippen molar-refractivity contribution in [1.82, 2.24) is 9.88 Å². The third-order valence-corrected chi connectivity index (χ3v) is 5.72. The van der Waals surface area contributed by atoms with Crippen LogP contribution in [-0.4, -0.2) is 46.5 Å². The number of amidine groups is 1. The normalized spacial score (nSPS) is 15.8. The maximum absolute atomic E-state index is 6.27. The Morgan fingerprint density at radius 3 is 2.50 bits per heavy atom. The second-order valence-electron chi connectivity index (χ2n) is 7.42. The van der Waals surface area contributed by atoms with Crippen LogP contribution < -0.4 is 23.0 Å². The van der Waals surface area contributed by atoms with Gasteiger partial charge in [0, 0.05) is 36.9 Å². The van der Waals surface area contributed by atoms with E-state index in [-0.39, 0.29) is 12.4 Å². The van der Waals surface area contributed by atoms with Crippen LogP contribution in [0.3, 0.4) is 0 Å². The van der Waals surface area contributed by atoms with Crippen LogP contribution in [0, 0.1) is 0 Å². The SMILES string of the molecule is Clc1ccc2c(c1)NC(=[N+]1CCN(Cc3ccccn3)CC1)c1ccccc1N2.[Cl-]. The lowest BCUT2D eigenvalue weighted by atomic mass is 10.1. The number of nitrogens with zero attached hydrogens (tertiary/aromatic N) is 3. The Hall–Kier alpha value is -2.60. The van der Waals surface area contributed by atoms with Crippen LogP contribution in [0.5, 0.6) is 0 Å². The Bertz CT molecular complexity index is 1060. The summed E-state index contributed by atoms with van der Waals surface area (Å²) in [6.07, 6.45) is 1.86. The zero-order chi connectivity index (χ0) is 19.6. The van der Waals surface area contributed by atoms with Gasteiger partial charge in [0.05, 0.1) is 35.7 Å². The van der Waals surface area contributed by atoms with E-state index in [4.69, 9.17) is 11.6 Å². The Morgan fingerprint density at radius 1 is 0.900 bits per heavy atom. The Labute approximate surface area is 187 Å². The van der Waals surface area contributed by atoms with Gasteiger partial charge in [-0.15, -0.1) is 0 Å². The van der Waals surface area contributed by atoms with Crippen LogP contribution >= 0.6 is 11.6 Å². The molecule has 0 amide bonds. The quantitative estimate of drug-likeness (QED) is 0.588. The molecule has 3 heterocycles. The van der Waals surface area contributed by atoms with E-state index in [1.54, 1.807) is 0 Å². The fourth-order valence-corrected chi connectivity index (χ4v) is 4.14. The topological polar surface area (TPSA) is 43.2 Å². The number of fused-ring (bicyclic) bond motifs is 2. The number of hydrogen-bond acceptors (Lipinski definition) is 3. The van der Waals surface area contributed by atoms with Crippen LogP contribution in [0.2, 0.25) is 5.02 Å². The van der Waals surface area contributed by atoms with Gasteiger partial charge in [0.25, 0.3) is 5.84 Å². The highest BCUT2D eigenvalue weighted by atomic mass is 35.5. The van der Waals surface area contributed by atoms with Crippen molar-refractivity contribution >= 4 is 34.5 Å². The van der Waals surface area contributed by atoms with E-state index in [0.29, 0.717) is 0 Å². The summed E-state index contributed by atoms with van der Waals surface area (Å²) in [7, 11) is 0. The van der Waals surface area contributed by atoms with E-state index in [0.717, 1.165) is 66.3 Å². The van der Waals surface area contributed by atoms with Crippen LogP contribution in [0.15, 0.2) is 66.9 Å². The first-order valence-electron chi connectivity index (χ1n) is 9.93. The molecule has 2 aliphatic heterocycles. The van der Waals surface area contributed by atoms with E-state index in [1.807, 2.05) is 30.5 Å². The van der Waals surface area contributed by atoms with E-state index in [2.05, 4.69) is 61.5 Å². The van der Waals surface area contributed by atoms with Crippen LogP contribution in [-0.2, 0) is 6.54 Å². The molecule has 2 N–H and O–H groups in total. The lowest BCUT2D eigenvalue weighted by molar-refractivity contribution is -0.539. The molecule has 0 radical (unpaired) electrons. The second kappa shape index (κ2) is 9.04. The first kappa shape index (κ1) is 20.7. The summed E-state index contributed by atoms with van der Waals surface area (Å²) in [6.45, 7) is 4.81. The molecule has 0 saturated carbocycles. The van der Waals surface area contributed by atoms with Crippen LogP contribution in [0.25, 0.3) is 0 Å². The van der Waals surface area contributed by atoms with E-state index < -0.39 is 0 Å². The summed E-state index contributed by atoms with van der Waals surface area (Å²) in [6, 6.07) is 20.5. The number of para-hydroxylation sites is 1. The highest BCUT2D eigenvalue weighted by Gasteiger charge is 2.28. The molecule has 7 heteroatoms. The van der Waals surface area contributed by atoms with Crippen molar-refractivity contribution in [1.29, 1.82) is 0 Å². The van der Waals surface area contributed by atoms with Crippen LogP contribution in [0.1, 0.15) is 11.3 Å². The molecule has 5 rings (SSSR count). The third-order valence-electron chi connectivity index (χ3n) is 5.49. The molecule has 0 bridgehead atoms. The average molecular weight is 440 g/mol. The molecule has 1 saturated heterocycles. The van der Waals surface area contributed by atoms with Crippen molar-refractivity contribution in [3.8, 4) is 0 Å². The lowest BCUT2D eigenvalue weighted by Gasteiger charge is -2.28. The molecule has 3 aromatic rings. The maximum atomic E-state index is 6.27. The van der Waals surface area contributed by atoms with Gasteiger partial charge < -0.3 is 17.7 Å². The summed E-state index contributed by atoms with van der Waals surface area (Å²) < 4.78 is 2.44. The predicted octanol–water partition coefficient (Wildman–Crippen LogP) is 1.18. The number of piperazine rings is 1. The lowest BCUT2D eigenvalue weighted by Crippen LogP contribution is -3.00. The third kappa shape index (κ3) is 4.29. The van der Waals surface area contributed by atoms with Gasteiger partial charge in [-0.25, -0.2) is 5.32 Å². The highest BCUT2D eigenvalue weighted by molar-refractivity contribution is 6.31. The molecule has 154 valence electrons. The Balaban J connectivity index is 0.00000218. The Morgan fingerprint density at radius 2 is 1.70 bits per heavy atom. The summed E-state index contributed by atoms with van der Waals surface area (Å²) in [5.41, 5.74) is 5.44. The largest absolute Gasteiger partial charge is 1.00 e. The van der Waals surface area contributed by atoms with Gasteiger partial charge in [0.1, 0.15) is 5.69 Å². The standard InChI is InChI=1S/C23H22ClN5.ClH/c24-17-8-9-21-22(15-17)27-23(19-6-1-2-7-20(19)26-21)29-13-11-28(12-14-29)16-18-5-3-4-10-25-18;/h1-10,15H,11-14,16H2,(H,26,27);1H. The molecular weight excluding hydrogens is 417 g/mol. The van der Waals surface area contributed by atoms with E-state index >= 15 is 0 Å². The molecule has 0 atom stereocenters. The van der Waals surface area contributed by atoms with Gasteiger partial charge in [-0.1, -0.05) is 29.8 Å². The smallest absolute Gasteiger partial charge is 0.284 e. The number of nitrogens with one attached hydrogen (secondary N) is 2. The average Bonchev–Trinajstić information content (AvgIpc) is 2.92. The van der Waals surface area contributed by atoms with Crippen LogP contribution in [0.4, 0.5) is 17.1 Å². The Kier molecular flexibility index (Phi) is 6.23. The number of hydrogen-bond donors (Lipinski definition) is 2. The zero-order valence-electron chi connectivity index (χ0n) is 16.5. The van der Waals surface area contributed by atoms with E-state index in [9.17, 15) is 0 Å². The first-order valence-corrected chi connectivity index (χ1v) is 10.3. The van der Waals surface area contributed by atoms with Crippen molar-refractivity contribution < 1.29 is 17.0 Å². The van der Waals surface area contributed by atoms with Gasteiger partial charge in [-0.3, -0.25) is 14.5 Å². The number of halogens is 2. The highest BCUT2D eigenvalue weighted by Crippen LogP contribution is 2.33. The molecule has 1 fully saturated rings. The fourth-order valence-electron chi connectivity index (χ4n) is 3.97. The van der Waals surface area contributed by atoms with Gasteiger partial charge in [0.15, 0.2) is 0 Å². The van der Waals surface area contributed by atoms with Gasteiger partial charge in [-0.2, -0.15) is 0 Å². The minimum absolute atomic E-state index is 0. The van der Waals surface area contributed by atoms with Crippen molar-refractivity contribution in [2.75, 3.05) is 36.8 Å². The fraction of sp³-hybridized carbons (Fsp3) is 0.217. The van der Waals surface area contributed by atoms with Gasteiger partial charge >= 0.3 is 0 Å². The minimum atomic E-state index is 0. The monoisotopic (exact) mass is 439 g/mol. The number of anilines is 3. The number of benzene rings is 2. The molecule has 2 aliphatic rings. The minimum Gasteiger partial charge on any atom is -1.00 e. The van der Waals surface area contributed by atoms with Crippen molar-refractivity contribution in [2.45, 2.75) is 6.54 Å². The zero-order valence-corrected chi connectivity index (χ0v) is 18.0. The molecule has 2 aromatic carbocycles. The molecule has 30 heavy (non-hydrogen) atoms. The molecule has 0 aliphatic carbocycles. The first-order chi connectivity index (χ1) is 14.3.